The van der Waals surface area contributed by atoms with Crippen LogP contribution in [0.5, 0.6) is 5.75 Å². The van der Waals surface area contributed by atoms with Gasteiger partial charge in [-0.15, -0.1) is 0 Å². The Hall–Kier alpha value is -1.06. The average Bonchev–Trinajstić information content (AvgIpc) is 2.48. The van der Waals surface area contributed by atoms with Crippen LogP contribution in [-0.2, 0) is 17.7 Å². The molecule has 1 saturated heterocycles. The highest BCUT2D eigenvalue weighted by molar-refractivity contribution is 5.37. The number of ether oxygens (including phenoxy) is 2. The molecule has 2 aliphatic heterocycles. The Morgan fingerprint density at radius 3 is 3.05 bits per heavy atom. The number of nitrogens with zero attached hydrogens (tertiary/aromatic N) is 1. The highest BCUT2D eigenvalue weighted by Gasteiger charge is 2.21. The molecule has 1 aromatic rings. The van der Waals surface area contributed by atoms with Crippen LogP contribution >= 0.6 is 0 Å². The van der Waals surface area contributed by atoms with E-state index in [1.165, 1.54) is 30.4 Å². The summed E-state index contributed by atoms with van der Waals surface area (Å²) < 4.78 is 11.1. The zero-order valence-corrected chi connectivity index (χ0v) is 11.7. The summed E-state index contributed by atoms with van der Waals surface area (Å²) >= 11 is 0. The Morgan fingerprint density at radius 2 is 2.26 bits per heavy atom. The van der Waals surface area contributed by atoms with E-state index in [-0.39, 0.29) is 0 Å². The van der Waals surface area contributed by atoms with Crippen LogP contribution in [0, 0.1) is 0 Å². The van der Waals surface area contributed by atoms with Crippen molar-refractivity contribution < 1.29 is 9.47 Å². The third-order valence-electron chi connectivity index (χ3n) is 4.24. The van der Waals surface area contributed by atoms with E-state index in [9.17, 15) is 0 Å². The molecule has 0 aromatic heterocycles. The van der Waals surface area contributed by atoms with Crippen LogP contribution in [-0.4, -0.2) is 37.8 Å². The first-order valence-electron chi connectivity index (χ1n) is 7.35. The van der Waals surface area contributed by atoms with Crippen LogP contribution in [0.15, 0.2) is 18.2 Å². The molecule has 19 heavy (non-hydrogen) atoms. The van der Waals surface area contributed by atoms with Gasteiger partial charge in [0.05, 0.1) is 13.2 Å². The Labute approximate surface area is 115 Å². The Morgan fingerprint density at radius 1 is 1.32 bits per heavy atom. The molecule has 0 bridgehead atoms. The fourth-order valence-corrected chi connectivity index (χ4v) is 3.11. The molecule has 0 spiro atoms. The van der Waals surface area contributed by atoms with E-state index in [2.05, 4.69) is 23.1 Å². The lowest BCUT2D eigenvalue weighted by atomic mass is 9.98. The zero-order valence-electron chi connectivity index (χ0n) is 11.7. The molecule has 0 aliphatic carbocycles. The van der Waals surface area contributed by atoms with Crippen LogP contribution in [0.1, 0.15) is 30.4 Å². The summed E-state index contributed by atoms with van der Waals surface area (Å²) in [5, 5.41) is 0. The highest BCUT2D eigenvalue weighted by atomic mass is 16.5. The average molecular weight is 261 g/mol. The molecule has 1 aromatic carbocycles. The van der Waals surface area contributed by atoms with Gasteiger partial charge in [-0.3, -0.25) is 4.90 Å². The fraction of sp³-hybridized carbons (Fsp3) is 0.625. The van der Waals surface area contributed by atoms with Gasteiger partial charge in [-0.05, 0) is 48.9 Å². The van der Waals surface area contributed by atoms with Crippen molar-refractivity contribution in [1.29, 1.82) is 0 Å². The minimum Gasteiger partial charge on any atom is -0.497 e. The van der Waals surface area contributed by atoms with Crippen molar-refractivity contribution in [2.24, 2.45) is 0 Å². The van der Waals surface area contributed by atoms with Crippen LogP contribution in [0.3, 0.4) is 0 Å². The van der Waals surface area contributed by atoms with Crippen molar-refractivity contribution in [2.75, 3.05) is 26.8 Å². The minimum atomic E-state index is 0.452. The van der Waals surface area contributed by atoms with Crippen LogP contribution in [0.2, 0.25) is 0 Å². The first kappa shape index (κ1) is 12.9. The molecule has 0 unspecified atom stereocenters. The molecule has 2 aliphatic rings. The fourth-order valence-electron chi connectivity index (χ4n) is 3.11. The van der Waals surface area contributed by atoms with Crippen molar-refractivity contribution >= 4 is 0 Å². The van der Waals surface area contributed by atoms with Gasteiger partial charge < -0.3 is 9.47 Å². The van der Waals surface area contributed by atoms with Gasteiger partial charge in [0.2, 0.25) is 0 Å². The van der Waals surface area contributed by atoms with Gasteiger partial charge in [0.25, 0.3) is 0 Å². The van der Waals surface area contributed by atoms with Crippen molar-refractivity contribution in [3.05, 3.63) is 29.3 Å². The number of benzene rings is 1. The lowest BCUT2D eigenvalue weighted by Gasteiger charge is -2.33. The number of fused-ring (bicyclic) bond motifs is 1. The topological polar surface area (TPSA) is 21.7 Å². The molecule has 104 valence electrons. The van der Waals surface area contributed by atoms with E-state index in [0.29, 0.717) is 6.10 Å². The third kappa shape index (κ3) is 3.10. The first-order chi connectivity index (χ1) is 9.35. The molecule has 1 atom stereocenters. The molecule has 0 amide bonds. The lowest BCUT2D eigenvalue weighted by Crippen LogP contribution is -2.38. The summed E-state index contributed by atoms with van der Waals surface area (Å²) in [6.45, 7) is 4.23. The van der Waals surface area contributed by atoms with Crippen LogP contribution in [0.4, 0.5) is 0 Å². The van der Waals surface area contributed by atoms with Gasteiger partial charge in [0.1, 0.15) is 5.75 Å². The largest absolute Gasteiger partial charge is 0.497 e. The summed E-state index contributed by atoms with van der Waals surface area (Å²) in [6.07, 6.45) is 5.37. The summed E-state index contributed by atoms with van der Waals surface area (Å²) in [7, 11) is 1.73. The second-order valence-electron chi connectivity index (χ2n) is 5.61. The van der Waals surface area contributed by atoms with Gasteiger partial charge in [0.15, 0.2) is 0 Å². The smallest absolute Gasteiger partial charge is 0.119 e. The molecule has 0 radical (unpaired) electrons. The van der Waals surface area contributed by atoms with E-state index >= 15 is 0 Å². The number of methoxy groups -OCH3 is 1. The van der Waals surface area contributed by atoms with E-state index in [1.54, 1.807) is 7.11 Å². The zero-order chi connectivity index (χ0) is 13.1. The number of rotatable bonds is 3. The van der Waals surface area contributed by atoms with Crippen molar-refractivity contribution in [1.82, 2.24) is 4.90 Å². The summed E-state index contributed by atoms with van der Waals surface area (Å²) in [5.74, 6) is 0.975. The standard InChI is InChI=1S/C16H23NO2/c1-18-15-6-5-14-11-17(8-7-13(14)10-15)12-16-4-2-3-9-19-16/h5-6,10,16H,2-4,7-9,11-12H2,1H3/t16-/m0/s1. The maximum atomic E-state index is 5.84. The highest BCUT2D eigenvalue weighted by Crippen LogP contribution is 2.24. The molecule has 0 N–H and O–H groups in total. The summed E-state index contributed by atoms with van der Waals surface area (Å²) in [5.41, 5.74) is 2.89. The summed E-state index contributed by atoms with van der Waals surface area (Å²) in [6, 6.07) is 6.46. The second kappa shape index (κ2) is 5.93. The quantitative estimate of drug-likeness (QED) is 0.835. The third-order valence-corrected chi connectivity index (χ3v) is 4.24. The lowest BCUT2D eigenvalue weighted by molar-refractivity contribution is -0.00801. The molecular weight excluding hydrogens is 238 g/mol. The monoisotopic (exact) mass is 261 g/mol. The van der Waals surface area contributed by atoms with Gasteiger partial charge >= 0.3 is 0 Å². The first-order valence-corrected chi connectivity index (χ1v) is 7.35. The van der Waals surface area contributed by atoms with E-state index in [1.807, 2.05) is 0 Å². The normalized spacial score (nSPS) is 23.9. The van der Waals surface area contributed by atoms with Gasteiger partial charge in [-0.1, -0.05) is 6.07 Å². The molecule has 2 heterocycles. The van der Waals surface area contributed by atoms with Gasteiger partial charge in [-0.25, -0.2) is 0 Å². The van der Waals surface area contributed by atoms with Crippen molar-refractivity contribution in [2.45, 2.75) is 38.3 Å². The molecule has 3 nitrogen and oxygen atoms in total. The second-order valence-corrected chi connectivity index (χ2v) is 5.61. The number of hydrogen-bond donors (Lipinski definition) is 0. The molecule has 0 saturated carbocycles. The van der Waals surface area contributed by atoms with Gasteiger partial charge in [-0.2, -0.15) is 0 Å². The maximum Gasteiger partial charge on any atom is 0.119 e. The Bertz CT molecular complexity index is 427. The van der Waals surface area contributed by atoms with Crippen LogP contribution < -0.4 is 4.74 Å². The predicted molar refractivity (Wildman–Crippen MR) is 75.6 cm³/mol. The van der Waals surface area contributed by atoms with E-state index in [0.717, 1.165) is 38.4 Å². The predicted octanol–water partition coefficient (Wildman–Crippen LogP) is 2.62. The SMILES string of the molecule is COc1ccc2c(c1)CCN(C[C@@H]1CCCCO1)C2. The Balaban J connectivity index is 1.61. The molecule has 1 fully saturated rings. The molecule has 3 heteroatoms. The van der Waals surface area contributed by atoms with Crippen LogP contribution in [0.25, 0.3) is 0 Å². The number of hydrogen-bond acceptors (Lipinski definition) is 3. The molecular formula is C16H23NO2. The molecule has 3 rings (SSSR count). The minimum absolute atomic E-state index is 0.452. The van der Waals surface area contributed by atoms with E-state index < -0.39 is 0 Å². The Kier molecular flexibility index (Phi) is 4.04. The van der Waals surface area contributed by atoms with E-state index in [4.69, 9.17) is 9.47 Å². The summed E-state index contributed by atoms with van der Waals surface area (Å²) in [4.78, 5) is 2.53. The van der Waals surface area contributed by atoms with Crippen molar-refractivity contribution in [3.8, 4) is 5.75 Å². The maximum absolute atomic E-state index is 5.84. The van der Waals surface area contributed by atoms with Crippen molar-refractivity contribution in [3.63, 3.8) is 0 Å². The van der Waals surface area contributed by atoms with Gasteiger partial charge in [0, 0.05) is 26.2 Å².